The minimum Gasteiger partial charge on any atom is -0.508 e. The van der Waals surface area contributed by atoms with E-state index in [9.17, 15) is 9.90 Å². The zero-order valence-corrected chi connectivity index (χ0v) is 13.8. The van der Waals surface area contributed by atoms with Gasteiger partial charge in [0.15, 0.2) is 5.43 Å². The number of rotatable bonds is 0. The molecule has 0 atom stereocenters. The van der Waals surface area contributed by atoms with Gasteiger partial charge in [-0.25, -0.2) is 0 Å². The number of hydrogen-bond donors (Lipinski definition) is 1. The van der Waals surface area contributed by atoms with E-state index < -0.39 is 0 Å². The van der Waals surface area contributed by atoms with Crippen molar-refractivity contribution in [2.45, 2.75) is 0 Å². The van der Waals surface area contributed by atoms with Gasteiger partial charge in [0, 0.05) is 32.8 Å². The maximum Gasteiger partial charge on any atom is 0.182 e. The molecule has 0 radical (unpaired) electrons. The van der Waals surface area contributed by atoms with Crippen LogP contribution in [0.5, 0.6) is 5.75 Å². The Bertz CT molecular complexity index is 1340. The summed E-state index contributed by atoms with van der Waals surface area (Å²) in [5, 5.41) is 13.3. The fourth-order valence-electron chi connectivity index (χ4n) is 3.21. The summed E-state index contributed by atoms with van der Waals surface area (Å²) in [6.45, 7) is 0. The molecule has 2 heterocycles. The van der Waals surface area contributed by atoms with E-state index in [-0.39, 0.29) is 11.2 Å². The highest BCUT2D eigenvalue weighted by molar-refractivity contribution is 9.10. The smallest absolute Gasteiger partial charge is 0.182 e. The Morgan fingerprint density at radius 3 is 2.08 bits per heavy atom. The van der Waals surface area contributed by atoms with E-state index in [2.05, 4.69) is 15.9 Å². The number of fused-ring (bicyclic) bond motifs is 4. The molecule has 0 unspecified atom stereocenters. The van der Waals surface area contributed by atoms with Gasteiger partial charge in [-0.1, -0.05) is 15.9 Å². The van der Waals surface area contributed by atoms with Crippen LogP contribution in [0.3, 0.4) is 0 Å². The second kappa shape index (κ2) is 4.61. The van der Waals surface area contributed by atoms with Gasteiger partial charge in [0.25, 0.3) is 0 Å². The van der Waals surface area contributed by atoms with Crippen molar-refractivity contribution in [2.75, 3.05) is 0 Å². The molecule has 0 aliphatic rings. The molecule has 0 amide bonds. The van der Waals surface area contributed by atoms with Crippen LogP contribution in [0.1, 0.15) is 0 Å². The van der Waals surface area contributed by atoms with E-state index in [1.165, 1.54) is 12.1 Å². The van der Waals surface area contributed by atoms with E-state index in [0.29, 0.717) is 22.3 Å². The molecule has 1 N–H and O–H groups in total. The van der Waals surface area contributed by atoms with Gasteiger partial charge in [-0.2, -0.15) is 0 Å². The van der Waals surface area contributed by atoms with Crippen LogP contribution in [0, 0.1) is 0 Å². The first kappa shape index (κ1) is 13.6. The molecule has 4 nitrogen and oxygen atoms in total. The SMILES string of the molecule is O=c1ccc2c(c1)oc1cc(Br)cc3oc4cc(O)ccc4c2c31. The Labute approximate surface area is 143 Å². The molecule has 5 rings (SSSR count). The lowest BCUT2D eigenvalue weighted by atomic mass is 10.0. The van der Waals surface area contributed by atoms with Gasteiger partial charge in [-0.3, -0.25) is 4.79 Å². The highest BCUT2D eigenvalue weighted by Crippen LogP contribution is 2.40. The van der Waals surface area contributed by atoms with Gasteiger partial charge >= 0.3 is 0 Å². The molecule has 2 aromatic heterocycles. The van der Waals surface area contributed by atoms with Gasteiger partial charge in [-0.15, -0.1) is 0 Å². The number of phenolic OH excluding ortho intramolecular Hbond substituents is 1. The van der Waals surface area contributed by atoms with Gasteiger partial charge in [0.1, 0.15) is 28.1 Å². The second-order valence-electron chi connectivity index (χ2n) is 5.69. The number of phenols is 1. The van der Waals surface area contributed by atoms with Crippen LogP contribution in [0.25, 0.3) is 43.9 Å². The minimum absolute atomic E-state index is 0.106. The largest absolute Gasteiger partial charge is 0.508 e. The first-order valence-corrected chi connectivity index (χ1v) is 8.11. The van der Waals surface area contributed by atoms with Crippen molar-refractivity contribution < 1.29 is 13.9 Å². The summed E-state index contributed by atoms with van der Waals surface area (Å²) in [7, 11) is 0. The molecule has 0 saturated carbocycles. The Kier molecular flexibility index (Phi) is 2.62. The van der Waals surface area contributed by atoms with Crippen LogP contribution in [-0.2, 0) is 0 Å². The highest BCUT2D eigenvalue weighted by Gasteiger charge is 2.16. The summed E-state index contributed by atoms with van der Waals surface area (Å²) >= 11 is 3.45. The van der Waals surface area contributed by atoms with Gasteiger partial charge in [-0.05, 0) is 36.4 Å². The average Bonchev–Trinajstić information content (AvgIpc) is 2.53. The molecule has 24 heavy (non-hydrogen) atoms. The van der Waals surface area contributed by atoms with E-state index in [1.807, 2.05) is 18.2 Å². The lowest BCUT2D eigenvalue weighted by molar-refractivity contribution is 0.474. The molecule has 3 aromatic carbocycles. The molecule has 0 fully saturated rings. The summed E-state index contributed by atoms with van der Waals surface area (Å²) in [6.07, 6.45) is 0. The zero-order chi connectivity index (χ0) is 16.4. The molecule has 5 heteroatoms. The van der Waals surface area contributed by atoms with Crippen LogP contribution >= 0.6 is 15.9 Å². The fraction of sp³-hybridized carbons (Fsp3) is 0. The summed E-state index contributed by atoms with van der Waals surface area (Å²) in [5.74, 6) is 0.134. The number of aromatic hydroxyl groups is 1. The monoisotopic (exact) mass is 380 g/mol. The Morgan fingerprint density at radius 2 is 1.38 bits per heavy atom. The maximum atomic E-state index is 11.7. The van der Waals surface area contributed by atoms with E-state index in [4.69, 9.17) is 8.83 Å². The zero-order valence-electron chi connectivity index (χ0n) is 12.2. The lowest BCUT2D eigenvalue weighted by Gasteiger charge is -2.11. The second-order valence-corrected chi connectivity index (χ2v) is 6.61. The molecular weight excluding hydrogens is 372 g/mol. The molecule has 0 aliphatic carbocycles. The third-order valence-electron chi connectivity index (χ3n) is 4.18. The topological polar surface area (TPSA) is 63.6 Å². The third-order valence-corrected chi connectivity index (χ3v) is 4.64. The maximum absolute atomic E-state index is 11.7. The van der Waals surface area contributed by atoms with Crippen molar-refractivity contribution >= 4 is 59.8 Å². The summed E-state index contributed by atoms with van der Waals surface area (Å²) in [5.41, 5.74) is 2.26. The summed E-state index contributed by atoms with van der Waals surface area (Å²) < 4.78 is 12.7. The van der Waals surface area contributed by atoms with E-state index in [1.54, 1.807) is 18.2 Å². The van der Waals surface area contributed by atoms with Crippen LogP contribution in [0.4, 0.5) is 0 Å². The highest BCUT2D eigenvalue weighted by atomic mass is 79.9. The Morgan fingerprint density at radius 1 is 0.750 bits per heavy atom. The summed E-state index contributed by atoms with van der Waals surface area (Å²) in [4.78, 5) is 11.7. The normalized spacial score (nSPS) is 11.9. The van der Waals surface area contributed by atoms with Crippen LogP contribution < -0.4 is 5.43 Å². The van der Waals surface area contributed by atoms with Crippen molar-refractivity contribution in [2.24, 2.45) is 0 Å². The van der Waals surface area contributed by atoms with Crippen LogP contribution in [-0.4, -0.2) is 5.11 Å². The first-order valence-electron chi connectivity index (χ1n) is 7.31. The molecule has 116 valence electrons. The third kappa shape index (κ3) is 1.82. The van der Waals surface area contributed by atoms with Crippen molar-refractivity contribution in [3.05, 3.63) is 63.2 Å². The summed E-state index contributed by atoms with van der Waals surface area (Å²) in [6, 6.07) is 13.5. The molecular formula is C19H9BrO4. The standard InChI is InChI=1S/C19H9BrO4/c20-9-5-16-19-17(6-9)24-15-8-11(22)2-4-13(15)18(19)12-3-1-10(21)7-14(12)23-16/h1-8,21H. The fourth-order valence-corrected chi connectivity index (χ4v) is 3.63. The number of benzene rings is 3. The van der Waals surface area contributed by atoms with Gasteiger partial charge in [0.05, 0.1) is 5.39 Å². The molecule has 0 bridgehead atoms. The first-order chi connectivity index (χ1) is 11.6. The molecule has 0 saturated heterocycles. The molecule has 0 aliphatic heterocycles. The van der Waals surface area contributed by atoms with Crippen LogP contribution in [0.15, 0.2) is 66.6 Å². The average molecular weight is 381 g/mol. The predicted octanol–water partition coefficient (Wildman–Crippen LogP) is 5.31. The minimum atomic E-state index is -0.106. The van der Waals surface area contributed by atoms with Gasteiger partial charge in [0.2, 0.25) is 0 Å². The van der Waals surface area contributed by atoms with E-state index in [0.717, 1.165) is 26.0 Å². The lowest BCUT2D eigenvalue weighted by Crippen LogP contribution is -1.95. The molecule has 0 spiro atoms. The predicted molar refractivity (Wildman–Crippen MR) is 96.6 cm³/mol. The Balaban J connectivity index is 2.21. The molecule has 5 aromatic rings. The quantitative estimate of drug-likeness (QED) is 0.292. The van der Waals surface area contributed by atoms with E-state index >= 15 is 0 Å². The van der Waals surface area contributed by atoms with Crippen molar-refractivity contribution in [1.82, 2.24) is 0 Å². The Hall–Kier alpha value is -2.79. The van der Waals surface area contributed by atoms with Gasteiger partial charge < -0.3 is 13.9 Å². The van der Waals surface area contributed by atoms with Crippen LogP contribution in [0.2, 0.25) is 0 Å². The number of halogens is 1. The number of hydrogen-bond acceptors (Lipinski definition) is 4. The van der Waals surface area contributed by atoms with Crippen molar-refractivity contribution in [3.8, 4) is 5.75 Å². The van der Waals surface area contributed by atoms with Crippen molar-refractivity contribution in [3.63, 3.8) is 0 Å². The van der Waals surface area contributed by atoms with Crippen molar-refractivity contribution in [1.29, 1.82) is 0 Å².